The summed E-state index contributed by atoms with van der Waals surface area (Å²) in [5.41, 5.74) is 2.59. The van der Waals surface area contributed by atoms with Crippen LogP contribution in [0.15, 0.2) is 55.1 Å². The van der Waals surface area contributed by atoms with Gasteiger partial charge in [-0.25, -0.2) is 9.97 Å². The fraction of sp³-hybridized carbons (Fsp3) is 0.292. The van der Waals surface area contributed by atoms with Crippen molar-refractivity contribution in [3.8, 4) is 11.5 Å². The Morgan fingerprint density at radius 2 is 2.03 bits per heavy atom. The number of aromatic nitrogens is 3. The molecule has 7 nitrogen and oxygen atoms in total. The molecule has 2 aromatic carbocycles. The van der Waals surface area contributed by atoms with Crippen LogP contribution in [-0.2, 0) is 13.0 Å². The highest BCUT2D eigenvalue weighted by atomic mass is 35.5. The monoisotopic (exact) mass is 486 g/mol. The van der Waals surface area contributed by atoms with Gasteiger partial charge in [0.05, 0.1) is 36.3 Å². The number of amides is 1. The number of halogens is 1. The summed E-state index contributed by atoms with van der Waals surface area (Å²) in [6.45, 7) is 3.39. The zero-order chi connectivity index (χ0) is 22.5. The maximum absolute atomic E-state index is 13.7. The van der Waals surface area contributed by atoms with Crippen LogP contribution in [0, 0.1) is 0 Å². The van der Waals surface area contributed by atoms with Gasteiger partial charge in [0.1, 0.15) is 0 Å². The Morgan fingerprint density at radius 1 is 1.18 bits per heavy atom. The van der Waals surface area contributed by atoms with Crippen LogP contribution in [0.4, 0.5) is 5.13 Å². The molecule has 0 saturated carbocycles. The number of benzene rings is 2. The molecule has 0 radical (unpaired) electrons. The number of hydrogen-bond donors (Lipinski definition) is 0. The van der Waals surface area contributed by atoms with E-state index in [1.807, 2.05) is 16.8 Å². The molecule has 174 valence electrons. The van der Waals surface area contributed by atoms with Gasteiger partial charge in [0.2, 0.25) is 0 Å². The van der Waals surface area contributed by atoms with Crippen LogP contribution in [0.5, 0.6) is 11.5 Å². The molecule has 0 bridgehead atoms. The van der Waals surface area contributed by atoms with Gasteiger partial charge < -0.3 is 14.0 Å². The number of hydrogen-bond acceptors (Lipinski definition) is 6. The normalized spacial score (nSPS) is 10.6. The van der Waals surface area contributed by atoms with Gasteiger partial charge in [-0.3, -0.25) is 9.69 Å². The lowest BCUT2D eigenvalue weighted by Gasteiger charge is -2.22. The number of anilines is 1. The van der Waals surface area contributed by atoms with Crippen LogP contribution in [-0.4, -0.2) is 41.2 Å². The Balaban J connectivity index is 0.00000306. The summed E-state index contributed by atoms with van der Waals surface area (Å²) in [6, 6.07) is 11.6. The number of carbonyl (C=O) groups is 1. The first-order chi connectivity index (χ1) is 15.6. The lowest BCUT2D eigenvalue weighted by Crippen LogP contribution is -2.32. The number of fused-ring (bicyclic) bond motifs is 1. The number of imidazole rings is 1. The van der Waals surface area contributed by atoms with Gasteiger partial charge in [0, 0.05) is 25.5 Å². The van der Waals surface area contributed by atoms with Crippen LogP contribution in [0.25, 0.3) is 10.2 Å². The summed E-state index contributed by atoms with van der Waals surface area (Å²) >= 11 is 1.53. The molecule has 2 heterocycles. The van der Waals surface area contributed by atoms with Crippen molar-refractivity contribution < 1.29 is 14.3 Å². The summed E-state index contributed by atoms with van der Waals surface area (Å²) in [7, 11) is 3.11. The minimum atomic E-state index is -0.166. The number of thiazole rings is 1. The second-order valence-electron chi connectivity index (χ2n) is 7.30. The molecule has 0 unspecified atom stereocenters. The van der Waals surface area contributed by atoms with Crippen molar-refractivity contribution >= 4 is 45.0 Å². The highest BCUT2D eigenvalue weighted by molar-refractivity contribution is 7.22. The topological polar surface area (TPSA) is 69.5 Å². The predicted octanol–water partition coefficient (Wildman–Crippen LogP) is 5.23. The van der Waals surface area contributed by atoms with Crippen molar-refractivity contribution in [2.45, 2.75) is 26.3 Å². The molecule has 0 spiro atoms. The van der Waals surface area contributed by atoms with Crippen LogP contribution >= 0.6 is 23.7 Å². The number of para-hydroxylation sites is 1. The maximum Gasteiger partial charge on any atom is 0.263 e. The molecular weight excluding hydrogens is 460 g/mol. The molecule has 0 N–H and O–H groups in total. The number of ether oxygens (including phenoxy) is 2. The van der Waals surface area contributed by atoms with Crippen LogP contribution in [0.3, 0.4) is 0 Å². The molecular formula is C24H27ClN4O3S. The van der Waals surface area contributed by atoms with Gasteiger partial charge in [-0.1, -0.05) is 30.4 Å². The summed E-state index contributed by atoms with van der Waals surface area (Å²) in [6.07, 6.45) is 7.16. The number of carbonyl (C=O) groups excluding carboxylic acids is 1. The van der Waals surface area contributed by atoms with E-state index in [4.69, 9.17) is 14.5 Å². The third kappa shape index (κ3) is 5.29. The highest BCUT2D eigenvalue weighted by Crippen LogP contribution is 2.35. The largest absolute Gasteiger partial charge is 0.493 e. The Hall–Kier alpha value is -3.10. The van der Waals surface area contributed by atoms with Crippen molar-refractivity contribution in [1.82, 2.24) is 14.5 Å². The van der Waals surface area contributed by atoms with Crippen molar-refractivity contribution in [1.29, 1.82) is 0 Å². The van der Waals surface area contributed by atoms with E-state index in [2.05, 4.69) is 24.0 Å². The Kier molecular flexibility index (Phi) is 8.30. The molecule has 4 aromatic rings. The molecule has 2 aromatic heterocycles. The number of aryl methyl sites for hydroxylation is 2. The van der Waals surface area contributed by atoms with E-state index in [9.17, 15) is 4.79 Å². The SMILES string of the molecule is CCc1ccc2nc(N(CCCn3ccnc3)C(=O)c3cccc(OC)c3OC)sc2c1.Cl. The molecule has 1 amide bonds. The lowest BCUT2D eigenvalue weighted by molar-refractivity contribution is 0.0982. The molecule has 0 aliphatic rings. The van der Waals surface area contributed by atoms with Crippen molar-refractivity contribution in [2.24, 2.45) is 0 Å². The van der Waals surface area contributed by atoms with Crippen molar-refractivity contribution in [3.63, 3.8) is 0 Å². The number of nitrogens with zero attached hydrogens (tertiary/aromatic N) is 4. The van der Waals surface area contributed by atoms with E-state index >= 15 is 0 Å². The van der Waals surface area contributed by atoms with Gasteiger partial charge in [-0.2, -0.15) is 0 Å². The fourth-order valence-corrected chi connectivity index (χ4v) is 4.66. The smallest absolute Gasteiger partial charge is 0.263 e. The molecule has 0 aliphatic heterocycles. The van der Waals surface area contributed by atoms with Crippen molar-refractivity contribution in [2.75, 3.05) is 25.7 Å². The molecule has 4 rings (SSSR count). The maximum atomic E-state index is 13.7. The zero-order valence-corrected chi connectivity index (χ0v) is 20.5. The summed E-state index contributed by atoms with van der Waals surface area (Å²) in [4.78, 5) is 24.3. The number of rotatable bonds is 9. The van der Waals surface area contributed by atoms with Crippen LogP contribution in [0.1, 0.15) is 29.3 Å². The van der Waals surface area contributed by atoms with Gasteiger partial charge >= 0.3 is 0 Å². The van der Waals surface area contributed by atoms with E-state index in [0.29, 0.717) is 28.7 Å². The zero-order valence-electron chi connectivity index (χ0n) is 18.9. The average Bonchev–Trinajstić information content (AvgIpc) is 3.49. The van der Waals surface area contributed by atoms with Gasteiger partial charge in [0.25, 0.3) is 5.91 Å². The minimum absolute atomic E-state index is 0. The fourth-order valence-electron chi connectivity index (χ4n) is 3.61. The average molecular weight is 487 g/mol. The van der Waals surface area contributed by atoms with Crippen LogP contribution in [0.2, 0.25) is 0 Å². The molecule has 9 heteroatoms. The third-order valence-electron chi connectivity index (χ3n) is 5.32. The standard InChI is InChI=1S/C24H26N4O3S.ClH/c1-4-17-9-10-19-21(15-17)32-24(26-19)28(13-6-12-27-14-11-25-16-27)23(29)18-7-5-8-20(30-2)22(18)31-3;/h5,7-11,14-16H,4,6,12-13H2,1-3H3;1H. The first kappa shape index (κ1) is 24.5. The van der Waals surface area contributed by atoms with E-state index < -0.39 is 0 Å². The summed E-state index contributed by atoms with van der Waals surface area (Å²) in [5, 5.41) is 0.675. The third-order valence-corrected chi connectivity index (χ3v) is 6.36. The molecule has 0 aliphatic carbocycles. The first-order valence-electron chi connectivity index (χ1n) is 10.5. The molecule has 0 fully saturated rings. The Morgan fingerprint density at radius 3 is 2.73 bits per heavy atom. The van der Waals surface area contributed by atoms with Gasteiger partial charge in [-0.05, 0) is 42.7 Å². The summed E-state index contributed by atoms with van der Waals surface area (Å²) < 4.78 is 14.0. The van der Waals surface area contributed by atoms with Crippen molar-refractivity contribution in [3.05, 3.63) is 66.2 Å². The van der Waals surface area contributed by atoms with E-state index in [1.165, 1.54) is 16.9 Å². The lowest BCUT2D eigenvalue weighted by atomic mass is 10.1. The minimum Gasteiger partial charge on any atom is -0.493 e. The van der Waals surface area contributed by atoms with E-state index in [0.717, 1.165) is 29.6 Å². The second-order valence-corrected chi connectivity index (χ2v) is 8.31. The molecule has 0 saturated heterocycles. The highest BCUT2D eigenvalue weighted by Gasteiger charge is 2.25. The summed E-state index contributed by atoms with van der Waals surface area (Å²) in [5.74, 6) is 0.781. The molecule has 33 heavy (non-hydrogen) atoms. The predicted molar refractivity (Wildman–Crippen MR) is 134 cm³/mol. The Labute approximate surface area is 203 Å². The molecule has 0 atom stereocenters. The Bertz CT molecular complexity index is 1210. The first-order valence-corrected chi connectivity index (χ1v) is 11.3. The van der Waals surface area contributed by atoms with E-state index in [-0.39, 0.29) is 18.3 Å². The van der Waals surface area contributed by atoms with Crippen LogP contribution < -0.4 is 14.4 Å². The number of methoxy groups -OCH3 is 2. The quantitative estimate of drug-likeness (QED) is 0.324. The second kappa shape index (κ2) is 11.2. The van der Waals surface area contributed by atoms with E-state index in [1.54, 1.807) is 49.8 Å². The van der Waals surface area contributed by atoms with Gasteiger partial charge in [0.15, 0.2) is 16.6 Å². The van der Waals surface area contributed by atoms with Gasteiger partial charge in [-0.15, -0.1) is 12.4 Å².